The standard InChI is InChI=1S/C30H28N4O2/c31-29(35)27-17-16-26(32-18-20-33(21-19-32)30(36)23-10-4-1-5-11-23)22-28(27)34(24-12-6-2-7-13-24)25-14-8-3-9-15-25/h1-17,22H,18-21H2,(H2,31,35). The van der Waals surface area contributed by atoms with E-state index in [-0.39, 0.29) is 5.91 Å². The van der Waals surface area contributed by atoms with Crippen molar-refractivity contribution >= 4 is 34.6 Å². The zero-order chi connectivity index (χ0) is 24.9. The minimum atomic E-state index is -0.480. The number of benzene rings is 4. The molecule has 0 bridgehead atoms. The van der Waals surface area contributed by atoms with Crippen molar-refractivity contribution < 1.29 is 9.59 Å². The number of piperazine rings is 1. The Morgan fingerprint density at radius 2 is 1.19 bits per heavy atom. The molecule has 5 rings (SSSR count). The van der Waals surface area contributed by atoms with Crippen molar-refractivity contribution in [1.29, 1.82) is 0 Å². The lowest BCUT2D eigenvalue weighted by molar-refractivity contribution is 0.0746. The van der Waals surface area contributed by atoms with Crippen LogP contribution >= 0.6 is 0 Å². The normalized spacial score (nSPS) is 13.3. The molecule has 0 radical (unpaired) electrons. The van der Waals surface area contributed by atoms with Gasteiger partial charge >= 0.3 is 0 Å². The summed E-state index contributed by atoms with van der Waals surface area (Å²) in [7, 11) is 0. The van der Waals surface area contributed by atoms with Crippen LogP contribution in [0.5, 0.6) is 0 Å². The highest BCUT2D eigenvalue weighted by Gasteiger charge is 2.24. The molecule has 0 spiro atoms. The Morgan fingerprint density at radius 1 is 0.667 bits per heavy atom. The summed E-state index contributed by atoms with van der Waals surface area (Å²) in [5, 5.41) is 0. The van der Waals surface area contributed by atoms with Crippen LogP contribution in [0.2, 0.25) is 0 Å². The maximum Gasteiger partial charge on any atom is 0.253 e. The van der Waals surface area contributed by atoms with Gasteiger partial charge in [0, 0.05) is 48.8 Å². The molecule has 1 fully saturated rings. The third-order valence-corrected chi connectivity index (χ3v) is 6.47. The van der Waals surface area contributed by atoms with E-state index in [0.29, 0.717) is 37.3 Å². The number of anilines is 4. The van der Waals surface area contributed by atoms with Crippen molar-refractivity contribution in [2.45, 2.75) is 0 Å². The molecule has 4 aromatic carbocycles. The summed E-state index contributed by atoms with van der Waals surface area (Å²) in [5.74, 6) is -0.425. The van der Waals surface area contributed by atoms with Crippen LogP contribution in [0.1, 0.15) is 20.7 Å². The SMILES string of the molecule is NC(=O)c1ccc(N2CCN(C(=O)c3ccccc3)CC2)cc1N(c1ccccc1)c1ccccc1. The van der Waals surface area contributed by atoms with Gasteiger partial charge in [-0.2, -0.15) is 0 Å². The lowest BCUT2D eigenvalue weighted by atomic mass is 10.1. The predicted molar refractivity (Wildman–Crippen MR) is 144 cm³/mol. The number of amides is 2. The summed E-state index contributed by atoms with van der Waals surface area (Å²) in [6, 6.07) is 35.0. The lowest BCUT2D eigenvalue weighted by Crippen LogP contribution is -2.48. The maximum atomic E-state index is 12.9. The third-order valence-electron chi connectivity index (χ3n) is 6.47. The molecular formula is C30H28N4O2. The van der Waals surface area contributed by atoms with E-state index in [1.165, 1.54) is 0 Å². The molecule has 0 unspecified atom stereocenters. The van der Waals surface area contributed by atoms with Crippen LogP contribution in [0.4, 0.5) is 22.7 Å². The van der Waals surface area contributed by atoms with Crippen LogP contribution in [0.15, 0.2) is 109 Å². The van der Waals surface area contributed by atoms with Gasteiger partial charge in [0.1, 0.15) is 0 Å². The zero-order valence-electron chi connectivity index (χ0n) is 20.0. The molecule has 1 aliphatic heterocycles. The van der Waals surface area contributed by atoms with Crippen LogP contribution in [0.25, 0.3) is 0 Å². The second kappa shape index (κ2) is 10.4. The Hall–Kier alpha value is -4.58. The van der Waals surface area contributed by atoms with Gasteiger partial charge in [0.15, 0.2) is 0 Å². The molecule has 4 aromatic rings. The van der Waals surface area contributed by atoms with E-state index in [9.17, 15) is 9.59 Å². The van der Waals surface area contributed by atoms with E-state index in [2.05, 4.69) is 9.80 Å². The first-order chi connectivity index (χ1) is 17.6. The van der Waals surface area contributed by atoms with Crippen LogP contribution in [-0.2, 0) is 0 Å². The number of para-hydroxylation sites is 2. The van der Waals surface area contributed by atoms with Crippen molar-refractivity contribution in [3.05, 3.63) is 120 Å². The second-order valence-corrected chi connectivity index (χ2v) is 8.72. The zero-order valence-corrected chi connectivity index (χ0v) is 20.0. The molecule has 1 aliphatic rings. The van der Waals surface area contributed by atoms with Gasteiger partial charge in [-0.3, -0.25) is 9.59 Å². The van der Waals surface area contributed by atoms with E-state index in [1.807, 2.05) is 108 Å². The van der Waals surface area contributed by atoms with Crippen LogP contribution < -0.4 is 15.5 Å². The van der Waals surface area contributed by atoms with E-state index in [0.717, 1.165) is 22.7 Å². The van der Waals surface area contributed by atoms with Crippen molar-refractivity contribution in [2.24, 2.45) is 5.73 Å². The van der Waals surface area contributed by atoms with Gasteiger partial charge in [0.2, 0.25) is 0 Å². The Kier molecular flexibility index (Phi) is 6.67. The van der Waals surface area contributed by atoms with Crippen molar-refractivity contribution in [1.82, 2.24) is 4.90 Å². The number of primary amides is 1. The average Bonchev–Trinajstić information content (AvgIpc) is 2.94. The van der Waals surface area contributed by atoms with Gasteiger partial charge in [0.25, 0.3) is 11.8 Å². The molecule has 6 heteroatoms. The lowest BCUT2D eigenvalue weighted by Gasteiger charge is -2.37. The average molecular weight is 477 g/mol. The number of hydrogen-bond acceptors (Lipinski definition) is 4. The van der Waals surface area contributed by atoms with E-state index in [4.69, 9.17) is 5.73 Å². The first kappa shape index (κ1) is 23.2. The monoisotopic (exact) mass is 476 g/mol. The molecule has 180 valence electrons. The Bertz CT molecular complexity index is 1300. The first-order valence-electron chi connectivity index (χ1n) is 12.0. The molecule has 0 aromatic heterocycles. The molecule has 2 N–H and O–H groups in total. The van der Waals surface area contributed by atoms with Gasteiger partial charge in [-0.1, -0.05) is 54.6 Å². The molecule has 1 heterocycles. The fourth-order valence-electron chi connectivity index (χ4n) is 4.62. The summed E-state index contributed by atoms with van der Waals surface area (Å²) in [6.45, 7) is 2.65. The highest BCUT2D eigenvalue weighted by Crippen LogP contribution is 2.38. The minimum Gasteiger partial charge on any atom is -0.368 e. The number of hydrogen-bond donors (Lipinski definition) is 1. The first-order valence-corrected chi connectivity index (χ1v) is 12.0. The molecule has 0 atom stereocenters. The van der Waals surface area contributed by atoms with Gasteiger partial charge in [-0.25, -0.2) is 0 Å². The summed E-state index contributed by atoms with van der Waals surface area (Å²) >= 11 is 0. The smallest absolute Gasteiger partial charge is 0.253 e. The summed E-state index contributed by atoms with van der Waals surface area (Å²) in [4.78, 5) is 31.5. The van der Waals surface area contributed by atoms with E-state index in [1.54, 1.807) is 6.07 Å². The molecule has 2 amide bonds. The number of nitrogens with zero attached hydrogens (tertiary/aromatic N) is 3. The molecular weight excluding hydrogens is 448 g/mol. The van der Waals surface area contributed by atoms with Gasteiger partial charge in [-0.05, 0) is 54.6 Å². The topological polar surface area (TPSA) is 69.9 Å². The Balaban J connectivity index is 1.46. The summed E-state index contributed by atoms with van der Waals surface area (Å²) < 4.78 is 0. The van der Waals surface area contributed by atoms with E-state index < -0.39 is 5.91 Å². The summed E-state index contributed by atoms with van der Waals surface area (Å²) in [6.07, 6.45) is 0. The highest BCUT2D eigenvalue weighted by atomic mass is 16.2. The molecule has 1 saturated heterocycles. The van der Waals surface area contributed by atoms with Gasteiger partial charge in [0.05, 0.1) is 11.3 Å². The molecule has 6 nitrogen and oxygen atoms in total. The van der Waals surface area contributed by atoms with Crippen LogP contribution in [0, 0.1) is 0 Å². The number of carbonyl (C=O) groups is 2. The molecule has 36 heavy (non-hydrogen) atoms. The maximum absolute atomic E-state index is 12.9. The van der Waals surface area contributed by atoms with Crippen molar-refractivity contribution in [3.8, 4) is 0 Å². The van der Waals surface area contributed by atoms with Gasteiger partial charge in [-0.15, -0.1) is 0 Å². The third kappa shape index (κ3) is 4.79. The second-order valence-electron chi connectivity index (χ2n) is 8.72. The molecule has 0 aliphatic carbocycles. The number of carbonyl (C=O) groups excluding carboxylic acids is 2. The fourth-order valence-corrected chi connectivity index (χ4v) is 4.62. The van der Waals surface area contributed by atoms with E-state index >= 15 is 0 Å². The van der Waals surface area contributed by atoms with Crippen molar-refractivity contribution in [2.75, 3.05) is 36.0 Å². The predicted octanol–water partition coefficient (Wildman–Crippen LogP) is 5.22. The Labute approximate surface area is 211 Å². The minimum absolute atomic E-state index is 0.0549. The number of rotatable bonds is 6. The Morgan fingerprint density at radius 3 is 1.72 bits per heavy atom. The van der Waals surface area contributed by atoms with Crippen LogP contribution in [-0.4, -0.2) is 42.9 Å². The largest absolute Gasteiger partial charge is 0.368 e. The summed E-state index contributed by atoms with van der Waals surface area (Å²) in [5.41, 5.74) is 10.5. The fraction of sp³-hybridized carbons (Fsp3) is 0.133. The molecule has 0 saturated carbocycles. The van der Waals surface area contributed by atoms with Crippen molar-refractivity contribution in [3.63, 3.8) is 0 Å². The van der Waals surface area contributed by atoms with Gasteiger partial charge < -0.3 is 20.4 Å². The quantitative estimate of drug-likeness (QED) is 0.414. The highest BCUT2D eigenvalue weighted by molar-refractivity contribution is 6.02. The van der Waals surface area contributed by atoms with Crippen LogP contribution in [0.3, 0.4) is 0 Å². The number of nitrogens with two attached hydrogens (primary N) is 1.